The standard InChI is InChI=1S/C14H21N3O2/c1-10-7-8-17(9-12(10)19-3)14(18)11-5-4-6-13(15-2)16-11/h4-6,10,12H,7-9H2,1-3H3,(H,15,16). The second-order valence-corrected chi connectivity index (χ2v) is 4.95. The molecule has 1 aromatic heterocycles. The van der Waals surface area contributed by atoms with Crippen LogP contribution in [0, 0.1) is 5.92 Å². The lowest BCUT2D eigenvalue weighted by molar-refractivity contribution is -0.00176. The van der Waals surface area contributed by atoms with Gasteiger partial charge in [-0.25, -0.2) is 4.98 Å². The fourth-order valence-corrected chi connectivity index (χ4v) is 2.38. The molecule has 0 bridgehead atoms. The van der Waals surface area contributed by atoms with Crippen LogP contribution in [0.15, 0.2) is 18.2 Å². The van der Waals surface area contributed by atoms with Crippen LogP contribution in [-0.4, -0.2) is 49.1 Å². The van der Waals surface area contributed by atoms with Gasteiger partial charge >= 0.3 is 0 Å². The van der Waals surface area contributed by atoms with Crippen LogP contribution in [0.3, 0.4) is 0 Å². The SMILES string of the molecule is CNc1cccc(C(=O)N2CCC(C)C(OC)C2)n1. The van der Waals surface area contributed by atoms with Crippen LogP contribution >= 0.6 is 0 Å². The number of likely N-dealkylation sites (tertiary alicyclic amines) is 1. The Morgan fingerprint density at radius 1 is 1.53 bits per heavy atom. The molecule has 0 aliphatic carbocycles. The van der Waals surface area contributed by atoms with Gasteiger partial charge in [-0.3, -0.25) is 4.79 Å². The summed E-state index contributed by atoms with van der Waals surface area (Å²) in [6.07, 6.45) is 1.08. The number of carbonyl (C=O) groups excluding carboxylic acids is 1. The van der Waals surface area contributed by atoms with Crippen molar-refractivity contribution in [2.45, 2.75) is 19.4 Å². The van der Waals surface area contributed by atoms with E-state index in [2.05, 4.69) is 17.2 Å². The van der Waals surface area contributed by atoms with Crippen molar-refractivity contribution in [2.24, 2.45) is 5.92 Å². The fourth-order valence-electron chi connectivity index (χ4n) is 2.38. The Morgan fingerprint density at radius 2 is 2.32 bits per heavy atom. The summed E-state index contributed by atoms with van der Waals surface area (Å²) in [6.45, 7) is 3.57. The molecule has 2 atom stereocenters. The van der Waals surface area contributed by atoms with Crippen molar-refractivity contribution in [3.63, 3.8) is 0 Å². The first-order chi connectivity index (χ1) is 9.15. The number of nitrogens with zero attached hydrogens (tertiary/aromatic N) is 2. The smallest absolute Gasteiger partial charge is 0.272 e. The number of methoxy groups -OCH3 is 1. The van der Waals surface area contributed by atoms with E-state index in [1.165, 1.54) is 0 Å². The van der Waals surface area contributed by atoms with Crippen molar-refractivity contribution in [1.29, 1.82) is 0 Å². The van der Waals surface area contributed by atoms with E-state index in [0.29, 0.717) is 24.0 Å². The van der Waals surface area contributed by atoms with E-state index >= 15 is 0 Å². The highest BCUT2D eigenvalue weighted by Gasteiger charge is 2.29. The molecule has 1 saturated heterocycles. The quantitative estimate of drug-likeness (QED) is 0.900. The normalized spacial score (nSPS) is 23.2. The van der Waals surface area contributed by atoms with Crippen LogP contribution < -0.4 is 5.32 Å². The number of nitrogens with one attached hydrogen (secondary N) is 1. The minimum absolute atomic E-state index is 0.0222. The molecule has 0 radical (unpaired) electrons. The highest BCUT2D eigenvalue weighted by Crippen LogP contribution is 2.20. The predicted octanol–water partition coefficient (Wildman–Crippen LogP) is 1.62. The minimum atomic E-state index is -0.0222. The van der Waals surface area contributed by atoms with E-state index in [1.807, 2.05) is 17.0 Å². The second kappa shape index (κ2) is 6.02. The Morgan fingerprint density at radius 3 is 3.00 bits per heavy atom. The summed E-state index contributed by atoms with van der Waals surface area (Å²) in [5, 5.41) is 2.95. The molecule has 5 heteroatoms. The van der Waals surface area contributed by atoms with Gasteiger partial charge in [0.25, 0.3) is 5.91 Å². The Balaban J connectivity index is 2.10. The zero-order chi connectivity index (χ0) is 13.8. The Hall–Kier alpha value is -1.62. The Labute approximate surface area is 114 Å². The molecule has 1 aromatic rings. The van der Waals surface area contributed by atoms with Gasteiger partial charge in [-0.15, -0.1) is 0 Å². The van der Waals surface area contributed by atoms with Gasteiger partial charge in [-0.05, 0) is 24.5 Å². The summed E-state index contributed by atoms with van der Waals surface area (Å²) in [5.74, 6) is 1.18. The molecular formula is C14H21N3O2. The molecule has 0 spiro atoms. The number of hydrogen-bond donors (Lipinski definition) is 1. The molecule has 1 aliphatic heterocycles. The number of amides is 1. The van der Waals surface area contributed by atoms with Crippen LogP contribution in [0.5, 0.6) is 0 Å². The molecule has 1 N–H and O–H groups in total. The van der Waals surface area contributed by atoms with Gasteiger partial charge in [0.05, 0.1) is 6.10 Å². The lowest BCUT2D eigenvalue weighted by atomic mass is 9.95. The third-order valence-corrected chi connectivity index (χ3v) is 3.70. The van der Waals surface area contributed by atoms with Crippen LogP contribution in [0.1, 0.15) is 23.8 Å². The van der Waals surface area contributed by atoms with Crippen molar-refractivity contribution >= 4 is 11.7 Å². The van der Waals surface area contributed by atoms with E-state index in [9.17, 15) is 4.79 Å². The molecule has 0 saturated carbocycles. The first-order valence-corrected chi connectivity index (χ1v) is 6.62. The molecule has 2 rings (SSSR count). The maximum Gasteiger partial charge on any atom is 0.272 e. The molecule has 1 fully saturated rings. The van der Waals surface area contributed by atoms with Gasteiger partial charge in [0.15, 0.2) is 0 Å². The number of piperidine rings is 1. The number of anilines is 1. The largest absolute Gasteiger partial charge is 0.379 e. The monoisotopic (exact) mass is 263 g/mol. The number of ether oxygens (including phenoxy) is 1. The number of aromatic nitrogens is 1. The van der Waals surface area contributed by atoms with Gasteiger partial charge in [0.2, 0.25) is 0 Å². The average Bonchev–Trinajstić information content (AvgIpc) is 2.47. The van der Waals surface area contributed by atoms with E-state index in [4.69, 9.17) is 4.74 Å². The first-order valence-electron chi connectivity index (χ1n) is 6.62. The predicted molar refractivity (Wildman–Crippen MR) is 74.3 cm³/mol. The van der Waals surface area contributed by atoms with Crippen LogP contribution in [0.2, 0.25) is 0 Å². The van der Waals surface area contributed by atoms with Crippen molar-refractivity contribution in [3.8, 4) is 0 Å². The highest BCUT2D eigenvalue weighted by molar-refractivity contribution is 5.92. The van der Waals surface area contributed by atoms with Gasteiger partial charge in [0, 0.05) is 27.2 Å². The third kappa shape index (κ3) is 3.04. The zero-order valence-electron chi connectivity index (χ0n) is 11.7. The summed E-state index contributed by atoms with van der Waals surface area (Å²) >= 11 is 0. The van der Waals surface area contributed by atoms with Gasteiger partial charge in [-0.2, -0.15) is 0 Å². The molecule has 1 amide bonds. The van der Waals surface area contributed by atoms with Crippen molar-refractivity contribution < 1.29 is 9.53 Å². The van der Waals surface area contributed by atoms with Crippen LogP contribution in [-0.2, 0) is 4.74 Å². The van der Waals surface area contributed by atoms with Crippen LogP contribution in [0.4, 0.5) is 5.82 Å². The maximum atomic E-state index is 12.4. The van der Waals surface area contributed by atoms with Gasteiger partial charge in [0.1, 0.15) is 11.5 Å². The van der Waals surface area contributed by atoms with Crippen molar-refractivity contribution in [2.75, 3.05) is 32.6 Å². The highest BCUT2D eigenvalue weighted by atomic mass is 16.5. The molecule has 104 valence electrons. The van der Waals surface area contributed by atoms with Crippen LogP contribution in [0.25, 0.3) is 0 Å². The minimum Gasteiger partial charge on any atom is -0.379 e. The zero-order valence-corrected chi connectivity index (χ0v) is 11.7. The number of pyridine rings is 1. The lowest BCUT2D eigenvalue weighted by Crippen LogP contribution is -2.46. The van der Waals surface area contributed by atoms with Crippen molar-refractivity contribution in [3.05, 3.63) is 23.9 Å². The molecule has 19 heavy (non-hydrogen) atoms. The summed E-state index contributed by atoms with van der Waals surface area (Å²) in [5.41, 5.74) is 0.483. The molecule has 1 aliphatic rings. The summed E-state index contributed by atoms with van der Waals surface area (Å²) < 4.78 is 5.44. The average molecular weight is 263 g/mol. The number of carbonyl (C=O) groups is 1. The fraction of sp³-hybridized carbons (Fsp3) is 0.571. The Bertz CT molecular complexity index is 450. The van der Waals surface area contributed by atoms with E-state index in [0.717, 1.165) is 13.0 Å². The molecule has 5 nitrogen and oxygen atoms in total. The second-order valence-electron chi connectivity index (χ2n) is 4.95. The van der Waals surface area contributed by atoms with Crippen molar-refractivity contribution in [1.82, 2.24) is 9.88 Å². The van der Waals surface area contributed by atoms with Gasteiger partial charge < -0.3 is 15.0 Å². The summed E-state index contributed by atoms with van der Waals surface area (Å²) in [4.78, 5) is 18.5. The van der Waals surface area contributed by atoms with Gasteiger partial charge in [-0.1, -0.05) is 13.0 Å². The number of hydrogen-bond acceptors (Lipinski definition) is 4. The molecule has 0 aromatic carbocycles. The molecule has 2 heterocycles. The first kappa shape index (κ1) is 13.8. The number of rotatable bonds is 3. The van der Waals surface area contributed by atoms with E-state index < -0.39 is 0 Å². The van der Waals surface area contributed by atoms with E-state index in [1.54, 1.807) is 20.2 Å². The summed E-state index contributed by atoms with van der Waals surface area (Å²) in [6, 6.07) is 5.43. The lowest BCUT2D eigenvalue weighted by Gasteiger charge is -2.36. The summed E-state index contributed by atoms with van der Waals surface area (Å²) in [7, 11) is 3.50. The maximum absolute atomic E-state index is 12.4. The van der Waals surface area contributed by atoms with E-state index in [-0.39, 0.29) is 12.0 Å². The third-order valence-electron chi connectivity index (χ3n) is 3.70. The molecule has 2 unspecified atom stereocenters. The Kier molecular flexibility index (Phi) is 4.37. The topological polar surface area (TPSA) is 54.5 Å². The molecular weight excluding hydrogens is 242 g/mol.